The van der Waals surface area contributed by atoms with Gasteiger partial charge in [-0.25, -0.2) is 0 Å². The van der Waals surface area contributed by atoms with Crippen LogP contribution in [0.1, 0.15) is 36.5 Å². The minimum Gasteiger partial charge on any atom is -0.383 e. The van der Waals surface area contributed by atoms with Gasteiger partial charge in [-0.2, -0.15) is 0 Å². The van der Waals surface area contributed by atoms with Crippen LogP contribution in [-0.4, -0.2) is 37.2 Å². The molecular weight excluding hydrogens is 254 g/mol. The van der Waals surface area contributed by atoms with Crippen molar-refractivity contribution < 1.29 is 9.53 Å². The van der Waals surface area contributed by atoms with E-state index in [0.29, 0.717) is 18.0 Å². The molecule has 0 spiro atoms. The molecule has 0 aromatic carbocycles. The Morgan fingerprint density at radius 1 is 1.55 bits per heavy atom. The van der Waals surface area contributed by atoms with Crippen molar-refractivity contribution in [3.8, 4) is 0 Å². The molecule has 1 aromatic heterocycles. The molecule has 20 heavy (non-hydrogen) atoms. The summed E-state index contributed by atoms with van der Waals surface area (Å²) in [6, 6.07) is 1.75. The molecule has 2 N–H and O–H groups in total. The molecule has 1 saturated heterocycles. The smallest absolute Gasteiger partial charge is 0.253 e. The molecule has 0 aliphatic carbocycles. The Morgan fingerprint density at radius 3 is 3.20 bits per heavy atom. The van der Waals surface area contributed by atoms with E-state index in [4.69, 9.17) is 4.74 Å². The number of hydrogen-bond donors (Lipinski definition) is 2. The molecule has 0 saturated carbocycles. The second-order valence-electron chi connectivity index (χ2n) is 5.14. The van der Waals surface area contributed by atoms with Crippen LogP contribution in [0.5, 0.6) is 0 Å². The zero-order chi connectivity index (χ0) is 14.2. The zero-order valence-electron chi connectivity index (χ0n) is 12.0. The van der Waals surface area contributed by atoms with Crippen molar-refractivity contribution >= 4 is 11.6 Å². The highest BCUT2D eigenvalue weighted by molar-refractivity contribution is 5.99. The number of hydrogen-bond acceptors (Lipinski definition) is 4. The summed E-state index contributed by atoms with van der Waals surface area (Å²) >= 11 is 0. The highest BCUT2D eigenvalue weighted by Gasteiger charge is 2.16. The summed E-state index contributed by atoms with van der Waals surface area (Å²) in [6.45, 7) is 5.19. The molecule has 5 nitrogen and oxygen atoms in total. The lowest BCUT2D eigenvalue weighted by atomic mass is 10.0. The third-order valence-electron chi connectivity index (χ3n) is 3.44. The van der Waals surface area contributed by atoms with Crippen LogP contribution < -0.4 is 10.6 Å². The molecule has 110 valence electrons. The molecule has 1 unspecified atom stereocenters. The second-order valence-corrected chi connectivity index (χ2v) is 5.14. The molecule has 2 heterocycles. The fourth-order valence-corrected chi connectivity index (χ4v) is 2.29. The van der Waals surface area contributed by atoms with E-state index in [-0.39, 0.29) is 5.91 Å². The van der Waals surface area contributed by atoms with E-state index in [1.165, 1.54) is 0 Å². The van der Waals surface area contributed by atoms with Gasteiger partial charge in [-0.15, -0.1) is 0 Å². The lowest BCUT2D eigenvalue weighted by molar-refractivity contribution is 0.0536. The summed E-state index contributed by atoms with van der Waals surface area (Å²) in [5.74, 6) is 0.387. The first-order valence-electron chi connectivity index (χ1n) is 7.35. The maximum Gasteiger partial charge on any atom is 0.253 e. The van der Waals surface area contributed by atoms with Crippen LogP contribution in [0.15, 0.2) is 18.5 Å². The number of rotatable bonds is 6. The molecule has 1 aliphatic rings. The molecule has 2 rings (SSSR count). The molecule has 1 atom stereocenters. The van der Waals surface area contributed by atoms with Gasteiger partial charge in [0.2, 0.25) is 0 Å². The van der Waals surface area contributed by atoms with Crippen LogP contribution >= 0.6 is 0 Å². The first kappa shape index (κ1) is 14.8. The van der Waals surface area contributed by atoms with Gasteiger partial charge in [-0.3, -0.25) is 9.78 Å². The Balaban J connectivity index is 1.90. The van der Waals surface area contributed by atoms with E-state index in [1.807, 2.05) is 0 Å². The highest BCUT2D eigenvalue weighted by atomic mass is 16.5. The number of carbonyl (C=O) groups is 1. The Morgan fingerprint density at radius 2 is 2.45 bits per heavy atom. The molecular formula is C15H23N3O2. The zero-order valence-corrected chi connectivity index (χ0v) is 12.0. The number of anilines is 1. The standard InChI is InChI=1S/C15H23N3O2/c1-2-6-17-14-10-16-7-5-13(14)15(19)18-9-12-4-3-8-20-11-12/h5,7,10,12,17H,2-4,6,8-9,11H2,1H3,(H,18,19). The maximum atomic E-state index is 12.3. The van der Waals surface area contributed by atoms with Crippen LogP contribution in [0.3, 0.4) is 0 Å². The number of nitrogens with one attached hydrogen (secondary N) is 2. The molecule has 0 bridgehead atoms. The number of ether oxygens (including phenoxy) is 1. The molecule has 1 fully saturated rings. The van der Waals surface area contributed by atoms with Crippen LogP contribution in [0.2, 0.25) is 0 Å². The second kappa shape index (κ2) is 7.85. The monoisotopic (exact) mass is 277 g/mol. The van der Waals surface area contributed by atoms with Crippen molar-refractivity contribution in [3.05, 3.63) is 24.0 Å². The van der Waals surface area contributed by atoms with Gasteiger partial charge in [0.25, 0.3) is 5.91 Å². The molecule has 1 aliphatic heterocycles. The van der Waals surface area contributed by atoms with Gasteiger partial charge in [-0.05, 0) is 31.2 Å². The Labute approximate surface area is 120 Å². The number of aromatic nitrogens is 1. The largest absolute Gasteiger partial charge is 0.383 e. The molecule has 1 amide bonds. The minimum absolute atomic E-state index is 0.0448. The predicted molar refractivity (Wildman–Crippen MR) is 78.9 cm³/mol. The number of pyridine rings is 1. The molecule has 5 heteroatoms. The van der Waals surface area contributed by atoms with Gasteiger partial charge >= 0.3 is 0 Å². The Hall–Kier alpha value is -1.62. The average Bonchev–Trinajstić information content (AvgIpc) is 2.52. The van der Waals surface area contributed by atoms with Crippen molar-refractivity contribution in [2.24, 2.45) is 5.92 Å². The van der Waals surface area contributed by atoms with Crippen LogP contribution in [-0.2, 0) is 4.74 Å². The van der Waals surface area contributed by atoms with E-state index < -0.39 is 0 Å². The topological polar surface area (TPSA) is 63.2 Å². The molecule has 0 radical (unpaired) electrons. The minimum atomic E-state index is -0.0448. The first-order chi connectivity index (χ1) is 9.81. The van der Waals surface area contributed by atoms with E-state index in [0.717, 1.165) is 44.7 Å². The van der Waals surface area contributed by atoms with E-state index >= 15 is 0 Å². The summed E-state index contributed by atoms with van der Waals surface area (Å²) in [6.07, 6.45) is 6.57. The summed E-state index contributed by atoms with van der Waals surface area (Å²) in [4.78, 5) is 16.3. The number of amides is 1. The quantitative estimate of drug-likeness (QED) is 0.835. The van der Waals surface area contributed by atoms with Gasteiger partial charge in [0.05, 0.1) is 24.1 Å². The van der Waals surface area contributed by atoms with Crippen LogP contribution in [0.25, 0.3) is 0 Å². The number of carbonyl (C=O) groups excluding carboxylic acids is 1. The van der Waals surface area contributed by atoms with Crippen molar-refractivity contribution in [1.29, 1.82) is 0 Å². The average molecular weight is 277 g/mol. The SMILES string of the molecule is CCCNc1cnccc1C(=O)NCC1CCCOC1. The van der Waals surface area contributed by atoms with Gasteiger partial charge in [0, 0.05) is 25.9 Å². The third kappa shape index (κ3) is 4.20. The van der Waals surface area contributed by atoms with Crippen LogP contribution in [0.4, 0.5) is 5.69 Å². The van der Waals surface area contributed by atoms with Crippen molar-refractivity contribution in [2.45, 2.75) is 26.2 Å². The Bertz CT molecular complexity index is 431. The Kier molecular flexibility index (Phi) is 5.80. The fraction of sp³-hybridized carbons (Fsp3) is 0.600. The molecule has 1 aromatic rings. The number of nitrogens with zero attached hydrogens (tertiary/aromatic N) is 1. The predicted octanol–water partition coefficient (Wildman–Crippen LogP) is 2.06. The lowest BCUT2D eigenvalue weighted by Gasteiger charge is -2.22. The van der Waals surface area contributed by atoms with Gasteiger partial charge in [-0.1, -0.05) is 6.92 Å². The summed E-state index contributed by atoms with van der Waals surface area (Å²) < 4.78 is 5.42. The first-order valence-corrected chi connectivity index (χ1v) is 7.35. The summed E-state index contributed by atoms with van der Waals surface area (Å²) in [5, 5.41) is 6.23. The van der Waals surface area contributed by atoms with Gasteiger partial charge in [0.1, 0.15) is 0 Å². The van der Waals surface area contributed by atoms with E-state index in [1.54, 1.807) is 18.5 Å². The van der Waals surface area contributed by atoms with E-state index in [2.05, 4.69) is 22.5 Å². The van der Waals surface area contributed by atoms with Crippen molar-refractivity contribution in [1.82, 2.24) is 10.3 Å². The van der Waals surface area contributed by atoms with Gasteiger partial charge < -0.3 is 15.4 Å². The summed E-state index contributed by atoms with van der Waals surface area (Å²) in [7, 11) is 0. The summed E-state index contributed by atoms with van der Waals surface area (Å²) in [5.41, 5.74) is 1.46. The van der Waals surface area contributed by atoms with E-state index in [9.17, 15) is 4.79 Å². The van der Waals surface area contributed by atoms with Gasteiger partial charge in [0.15, 0.2) is 0 Å². The lowest BCUT2D eigenvalue weighted by Crippen LogP contribution is -2.33. The van der Waals surface area contributed by atoms with Crippen molar-refractivity contribution in [2.75, 3.05) is 31.6 Å². The highest BCUT2D eigenvalue weighted by Crippen LogP contribution is 2.15. The maximum absolute atomic E-state index is 12.3. The fourth-order valence-electron chi connectivity index (χ4n) is 2.29. The van der Waals surface area contributed by atoms with Crippen LogP contribution in [0, 0.1) is 5.92 Å². The normalized spacial score (nSPS) is 18.6. The van der Waals surface area contributed by atoms with Crippen molar-refractivity contribution in [3.63, 3.8) is 0 Å². The third-order valence-corrected chi connectivity index (χ3v) is 3.44.